The summed E-state index contributed by atoms with van der Waals surface area (Å²) in [5.74, 6) is 3.34. The van der Waals surface area contributed by atoms with Gasteiger partial charge in [-0.15, -0.1) is 0 Å². The van der Waals surface area contributed by atoms with Crippen LogP contribution in [0.3, 0.4) is 0 Å². The number of anilines is 3. The minimum atomic E-state index is -1.99. The van der Waals surface area contributed by atoms with Crippen LogP contribution in [0.5, 0.6) is 23.0 Å². The number of ether oxygens (including phenoxy) is 2. The van der Waals surface area contributed by atoms with Crippen LogP contribution in [0.4, 0.5) is 17.1 Å². The Bertz CT molecular complexity index is 2920. The second-order valence-corrected chi connectivity index (χ2v) is 18.5. The molecule has 0 fully saturated rings. The van der Waals surface area contributed by atoms with Crippen LogP contribution in [-0.4, -0.2) is 15.5 Å². The molecule has 9 aromatic rings. The first kappa shape index (κ1) is 35.8. The molecule has 2 aliphatic rings. The van der Waals surface area contributed by atoms with Crippen LogP contribution >= 0.6 is 0 Å². The lowest BCUT2D eigenvalue weighted by Gasteiger charge is -2.37. The fraction of sp³-hybridized carbons (Fsp3) is 0.0182. The Morgan fingerprint density at radius 2 is 0.883 bits per heavy atom. The van der Waals surface area contributed by atoms with E-state index >= 15 is 0 Å². The van der Waals surface area contributed by atoms with Crippen molar-refractivity contribution in [2.45, 2.75) is 6.92 Å². The van der Waals surface area contributed by atoms with Gasteiger partial charge < -0.3 is 14.4 Å². The van der Waals surface area contributed by atoms with Crippen molar-refractivity contribution in [1.29, 1.82) is 0 Å². The largest absolute Gasteiger partial charge is 0.458 e. The van der Waals surface area contributed by atoms with E-state index in [1.807, 2.05) is 0 Å². The highest BCUT2D eigenvalue weighted by Gasteiger charge is 2.43. The Morgan fingerprint density at radius 3 is 1.47 bits per heavy atom. The van der Waals surface area contributed by atoms with Gasteiger partial charge in [0.15, 0.2) is 0 Å². The quantitative estimate of drug-likeness (QED) is 0.113. The molecule has 0 aromatic heterocycles. The fourth-order valence-corrected chi connectivity index (χ4v) is 12.4. The van der Waals surface area contributed by atoms with Gasteiger partial charge in [-0.05, 0) is 87.3 Å². The van der Waals surface area contributed by atoms with Gasteiger partial charge in [-0.25, -0.2) is 0 Å². The molecule has 0 saturated carbocycles. The molecule has 0 radical (unpaired) electrons. The zero-order valence-corrected chi connectivity index (χ0v) is 34.4. The van der Waals surface area contributed by atoms with Gasteiger partial charge in [-0.3, -0.25) is 0 Å². The van der Waals surface area contributed by atoms with Gasteiger partial charge in [0.2, 0.25) is 0 Å². The first-order chi connectivity index (χ1) is 29.7. The average Bonchev–Trinajstić information content (AvgIpc) is 3.31. The lowest BCUT2D eigenvalue weighted by molar-refractivity contribution is 0.465. The molecule has 0 aliphatic carbocycles. The van der Waals surface area contributed by atoms with E-state index in [9.17, 15) is 0 Å². The smallest absolute Gasteiger partial charge is 0.260 e. The van der Waals surface area contributed by atoms with Crippen LogP contribution < -0.4 is 46.3 Å². The lowest BCUT2D eigenvalue weighted by atomic mass is 9.34. The van der Waals surface area contributed by atoms with Crippen molar-refractivity contribution in [2.75, 3.05) is 4.90 Å². The molecule has 0 saturated heterocycles. The number of benzene rings is 9. The number of nitrogens with zero attached hydrogens (tertiary/aromatic N) is 1. The van der Waals surface area contributed by atoms with Gasteiger partial charge in [0.25, 0.3) is 6.71 Å². The molecule has 0 bridgehead atoms. The Balaban J connectivity index is 1.16. The molecule has 3 nitrogen and oxygen atoms in total. The molecule has 0 spiro atoms. The van der Waals surface area contributed by atoms with Crippen LogP contribution in [0, 0.1) is 6.92 Å². The molecule has 0 atom stereocenters. The third kappa shape index (κ3) is 6.23. The monoisotopic (exact) mass is 785 g/mol. The third-order valence-electron chi connectivity index (χ3n) is 12.1. The normalized spacial score (nSPS) is 12.1. The average molecular weight is 786 g/mol. The van der Waals surface area contributed by atoms with E-state index < -0.39 is 8.80 Å². The predicted molar refractivity (Wildman–Crippen MR) is 253 cm³/mol. The van der Waals surface area contributed by atoms with Crippen LogP contribution in [0.1, 0.15) is 5.56 Å². The molecule has 0 unspecified atom stereocenters. The number of aryl methyl sites for hydroxylation is 1. The number of hydrogen-bond donors (Lipinski definition) is 0. The first-order valence-corrected chi connectivity index (χ1v) is 22.4. The summed E-state index contributed by atoms with van der Waals surface area (Å²) in [6, 6.07) is 78.7. The van der Waals surface area contributed by atoms with Crippen LogP contribution in [0.25, 0.3) is 22.3 Å². The molecule has 11 rings (SSSR count). The summed E-state index contributed by atoms with van der Waals surface area (Å²) in [5.41, 5.74) is 12.3. The Labute approximate surface area is 353 Å². The number of fused-ring (bicyclic) bond motifs is 4. The third-order valence-corrected chi connectivity index (χ3v) is 15.3. The van der Waals surface area contributed by atoms with Crippen molar-refractivity contribution in [2.24, 2.45) is 0 Å². The molecule has 60 heavy (non-hydrogen) atoms. The van der Waals surface area contributed by atoms with Crippen molar-refractivity contribution in [1.82, 2.24) is 0 Å². The summed E-state index contributed by atoms with van der Waals surface area (Å²) >= 11 is 0. The number of rotatable bonds is 8. The van der Waals surface area contributed by atoms with E-state index in [1.54, 1.807) is 0 Å². The van der Waals surface area contributed by atoms with Crippen molar-refractivity contribution >= 4 is 64.5 Å². The van der Waals surface area contributed by atoms with Gasteiger partial charge in [0, 0.05) is 16.8 Å². The van der Waals surface area contributed by atoms with E-state index in [2.05, 4.69) is 230 Å². The minimum absolute atomic E-state index is 0.139. The maximum absolute atomic E-state index is 7.30. The molecule has 9 aromatic carbocycles. The zero-order valence-electron chi connectivity index (χ0n) is 33.2. The molecular formula is C55H40BNO2Si. The molecule has 5 heteroatoms. The Kier molecular flexibility index (Phi) is 9.02. The minimum Gasteiger partial charge on any atom is -0.458 e. The maximum Gasteiger partial charge on any atom is 0.260 e. The summed E-state index contributed by atoms with van der Waals surface area (Å²) in [7, 11) is -1.99. The van der Waals surface area contributed by atoms with E-state index in [-0.39, 0.29) is 6.71 Å². The topological polar surface area (TPSA) is 21.7 Å². The van der Waals surface area contributed by atoms with E-state index in [0.29, 0.717) is 0 Å². The molecule has 2 heterocycles. The summed E-state index contributed by atoms with van der Waals surface area (Å²) in [4.78, 5) is 2.45. The summed E-state index contributed by atoms with van der Waals surface area (Å²) in [5, 5.41) is 4.06. The maximum atomic E-state index is 7.30. The number of para-hydroxylation sites is 2. The molecular weight excluding hydrogens is 746 g/mol. The summed E-state index contributed by atoms with van der Waals surface area (Å²) < 4.78 is 14.2. The van der Waals surface area contributed by atoms with Crippen LogP contribution in [0.2, 0.25) is 0 Å². The van der Waals surface area contributed by atoms with Crippen molar-refractivity contribution in [3.8, 4) is 45.3 Å². The SMILES string of the molecule is Cc1ccccc1N(c1ccccc1[SiH](c1ccccc1)c1ccccc1)c1ccc2c3c1Oc1ccc(-c4ccccc4)cc1B3c1cc(-c3ccccc3)ccc1O2. The van der Waals surface area contributed by atoms with Gasteiger partial charge in [0.05, 0.1) is 5.69 Å². The zero-order chi connectivity index (χ0) is 40.0. The van der Waals surface area contributed by atoms with Crippen molar-refractivity contribution in [3.05, 3.63) is 224 Å². The Hall–Kier alpha value is -7.34. The fourth-order valence-electron chi connectivity index (χ4n) is 9.26. The van der Waals surface area contributed by atoms with Gasteiger partial charge >= 0.3 is 0 Å². The van der Waals surface area contributed by atoms with Gasteiger partial charge in [-0.2, -0.15) is 0 Å². The van der Waals surface area contributed by atoms with Crippen LogP contribution in [-0.2, 0) is 0 Å². The Morgan fingerprint density at radius 1 is 0.400 bits per heavy atom. The van der Waals surface area contributed by atoms with Gasteiger partial charge in [0.1, 0.15) is 31.8 Å². The standard InChI is InChI=1S/C55H40BNO2Si/c1-38-18-14-15-27-47(38)57(48-28-16-17-29-53(48)60(43-23-10-4-11-24-43)44-25-12-5-13-26-44)49-32-35-52-54-55(49)59-51-34-31-42(40-21-8-3-9-22-40)37-46(51)56(54)45-36-41(30-33-50(45)58-52)39-19-6-2-7-20-39/h2-37,60H,1H3. The summed E-state index contributed by atoms with van der Waals surface area (Å²) in [6.45, 7) is 2.06. The lowest BCUT2D eigenvalue weighted by Crippen LogP contribution is -2.57. The van der Waals surface area contributed by atoms with Gasteiger partial charge in [-0.1, -0.05) is 192 Å². The molecule has 0 amide bonds. The predicted octanol–water partition coefficient (Wildman–Crippen LogP) is 9.77. The molecule has 2 aliphatic heterocycles. The number of hydrogen-bond acceptors (Lipinski definition) is 3. The van der Waals surface area contributed by atoms with Crippen molar-refractivity contribution < 1.29 is 9.47 Å². The highest BCUT2D eigenvalue weighted by Crippen LogP contribution is 2.46. The first-order valence-electron chi connectivity index (χ1n) is 20.7. The highest BCUT2D eigenvalue weighted by molar-refractivity contribution is 6.98. The molecule has 284 valence electrons. The second kappa shape index (κ2) is 15.1. The molecule has 0 N–H and O–H groups in total. The van der Waals surface area contributed by atoms with E-state index in [0.717, 1.165) is 67.6 Å². The highest BCUT2D eigenvalue weighted by atomic mass is 28.3. The summed E-state index contributed by atoms with van der Waals surface area (Å²) in [6.07, 6.45) is 0. The van der Waals surface area contributed by atoms with Crippen LogP contribution in [0.15, 0.2) is 218 Å². The van der Waals surface area contributed by atoms with E-state index in [4.69, 9.17) is 9.47 Å². The van der Waals surface area contributed by atoms with Crippen molar-refractivity contribution in [3.63, 3.8) is 0 Å². The van der Waals surface area contributed by atoms with E-state index in [1.165, 1.54) is 32.3 Å². The second-order valence-electron chi connectivity index (χ2n) is 15.6.